The molecule has 2 aliphatic rings. The Morgan fingerprint density at radius 1 is 1.25 bits per heavy atom. The zero-order chi connectivity index (χ0) is 16.9. The van der Waals surface area contributed by atoms with Crippen LogP contribution in [0.3, 0.4) is 0 Å². The minimum atomic E-state index is -3.84. The summed E-state index contributed by atoms with van der Waals surface area (Å²) in [5, 5.41) is 17.0. The molecule has 0 amide bonds. The van der Waals surface area contributed by atoms with Crippen molar-refractivity contribution in [1.82, 2.24) is 19.1 Å². The van der Waals surface area contributed by atoms with Crippen LogP contribution < -0.4 is 0 Å². The standard InChI is InChI=1S/C15H14FN5O2S/c16-13-7-12(4-3-11(13)8-17)24(22,23)20-5-6-21-14(9-20)18-19-15(21)10-1-2-10/h3-4,7,10H,1-2,5-6,9H2. The summed E-state index contributed by atoms with van der Waals surface area (Å²) in [5.74, 6) is 1.16. The second kappa shape index (κ2) is 5.36. The van der Waals surface area contributed by atoms with Gasteiger partial charge in [-0.3, -0.25) is 0 Å². The number of hydrogen-bond acceptors (Lipinski definition) is 5. The van der Waals surface area contributed by atoms with Gasteiger partial charge >= 0.3 is 0 Å². The van der Waals surface area contributed by atoms with Crippen LogP contribution >= 0.6 is 0 Å². The van der Waals surface area contributed by atoms with Crippen molar-refractivity contribution in [3.8, 4) is 6.07 Å². The summed E-state index contributed by atoms with van der Waals surface area (Å²) in [7, 11) is -3.84. The van der Waals surface area contributed by atoms with Gasteiger partial charge in [-0.15, -0.1) is 10.2 Å². The van der Waals surface area contributed by atoms with Crippen molar-refractivity contribution in [1.29, 1.82) is 5.26 Å². The third-order valence-electron chi connectivity index (χ3n) is 4.39. The molecule has 0 radical (unpaired) electrons. The molecule has 1 fully saturated rings. The van der Waals surface area contributed by atoms with Crippen molar-refractivity contribution in [2.45, 2.75) is 36.7 Å². The summed E-state index contributed by atoms with van der Waals surface area (Å²) in [6.45, 7) is 0.893. The average Bonchev–Trinajstić information content (AvgIpc) is 3.33. The predicted molar refractivity (Wildman–Crippen MR) is 80.7 cm³/mol. The predicted octanol–water partition coefficient (Wildman–Crippen LogP) is 1.37. The molecule has 0 unspecified atom stereocenters. The van der Waals surface area contributed by atoms with Crippen LogP contribution in [0.4, 0.5) is 4.39 Å². The Balaban J connectivity index is 1.63. The first-order chi connectivity index (χ1) is 11.5. The van der Waals surface area contributed by atoms with Crippen molar-refractivity contribution in [3.63, 3.8) is 0 Å². The molecule has 9 heteroatoms. The van der Waals surface area contributed by atoms with Crippen molar-refractivity contribution < 1.29 is 12.8 Å². The molecular formula is C15H14FN5O2S. The van der Waals surface area contributed by atoms with E-state index < -0.39 is 15.8 Å². The van der Waals surface area contributed by atoms with E-state index in [9.17, 15) is 12.8 Å². The van der Waals surface area contributed by atoms with Gasteiger partial charge in [0.1, 0.15) is 23.5 Å². The molecule has 0 atom stereocenters. The zero-order valence-corrected chi connectivity index (χ0v) is 13.5. The normalized spacial score (nSPS) is 18.2. The number of fused-ring (bicyclic) bond motifs is 1. The Kier molecular flexibility index (Phi) is 3.40. The lowest BCUT2D eigenvalue weighted by molar-refractivity contribution is 0.331. The Labute approximate surface area is 138 Å². The number of benzene rings is 1. The second-order valence-corrected chi connectivity index (χ2v) is 7.93. The van der Waals surface area contributed by atoms with E-state index in [0.717, 1.165) is 24.7 Å². The van der Waals surface area contributed by atoms with Gasteiger partial charge in [0.25, 0.3) is 0 Å². The van der Waals surface area contributed by atoms with E-state index in [4.69, 9.17) is 5.26 Å². The monoisotopic (exact) mass is 347 g/mol. The summed E-state index contributed by atoms with van der Waals surface area (Å²) in [6, 6.07) is 5.01. The van der Waals surface area contributed by atoms with Crippen LogP contribution in [0.5, 0.6) is 0 Å². The fourth-order valence-electron chi connectivity index (χ4n) is 2.90. The maximum atomic E-state index is 13.8. The molecule has 1 aromatic heterocycles. The van der Waals surface area contributed by atoms with Gasteiger partial charge in [0.05, 0.1) is 17.0 Å². The Bertz CT molecular complexity index is 959. The molecule has 0 bridgehead atoms. The number of hydrogen-bond donors (Lipinski definition) is 0. The van der Waals surface area contributed by atoms with Crippen LogP contribution in [-0.4, -0.2) is 34.0 Å². The summed E-state index contributed by atoms with van der Waals surface area (Å²) < 4.78 is 42.5. The fourth-order valence-corrected chi connectivity index (χ4v) is 4.30. The van der Waals surface area contributed by atoms with E-state index >= 15 is 0 Å². The molecule has 0 spiro atoms. The van der Waals surface area contributed by atoms with Gasteiger partial charge in [-0.1, -0.05) is 0 Å². The lowest BCUT2D eigenvalue weighted by Gasteiger charge is -2.27. The van der Waals surface area contributed by atoms with Crippen LogP contribution in [-0.2, 0) is 23.1 Å². The number of sulfonamides is 1. The van der Waals surface area contributed by atoms with Gasteiger partial charge in [0.2, 0.25) is 10.0 Å². The number of rotatable bonds is 3. The highest BCUT2D eigenvalue weighted by atomic mass is 32.2. The highest BCUT2D eigenvalue weighted by molar-refractivity contribution is 7.89. The van der Waals surface area contributed by atoms with E-state index in [2.05, 4.69) is 10.2 Å². The van der Waals surface area contributed by atoms with Gasteiger partial charge < -0.3 is 4.57 Å². The highest BCUT2D eigenvalue weighted by Gasteiger charge is 2.35. The molecule has 1 aromatic carbocycles. The molecular weight excluding hydrogens is 333 g/mol. The van der Waals surface area contributed by atoms with E-state index in [1.165, 1.54) is 16.4 Å². The van der Waals surface area contributed by atoms with Crippen LogP contribution in [0.2, 0.25) is 0 Å². The number of nitrogens with zero attached hydrogens (tertiary/aromatic N) is 5. The number of halogens is 1. The molecule has 124 valence electrons. The maximum Gasteiger partial charge on any atom is 0.243 e. The molecule has 7 nitrogen and oxygen atoms in total. The van der Waals surface area contributed by atoms with E-state index in [-0.39, 0.29) is 23.5 Å². The van der Waals surface area contributed by atoms with Crippen LogP contribution in [0.25, 0.3) is 0 Å². The highest BCUT2D eigenvalue weighted by Crippen LogP contribution is 2.39. The third kappa shape index (κ3) is 2.39. The van der Waals surface area contributed by atoms with Gasteiger partial charge in [-0.2, -0.15) is 9.57 Å². The molecule has 1 aliphatic heterocycles. The molecule has 24 heavy (non-hydrogen) atoms. The summed E-state index contributed by atoms with van der Waals surface area (Å²) in [4.78, 5) is -0.158. The molecule has 0 N–H and O–H groups in total. The maximum absolute atomic E-state index is 13.8. The van der Waals surface area contributed by atoms with Crippen LogP contribution in [0.1, 0.15) is 36.0 Å². The van der Waals surface area contributed by atoms with E-state index in [1.807, 2.05) is 4.57 Å². The second-order valence-electron chi connectivity index (χ2n) is 5.99. The lowest BCUT2D eigenvalue weighted by atomic mass is 10.2. The van der Waals surface area contributed by atoms with Crippen molar-refractivity contribution in [3.05, 3.63) is 41.2 Å². The van der Waals surface area contributed by atoms with Crippen molar-refractivity contribution in [2.75, 3.05) is 6.54 Å². The first kappa shape index (κ1) is 15.2. The molecule has 2 aromatic rings. The van der Waals surface area contributed by atoms with E-state index in [0.29, 0.717) is 18.3 Å². The minimum Gasteiger partial charge on any atom is -0.312 e. The summed E-state index contributed by atoms with van der Waals surface area (Å²) in [6.07, 6.45) is 2.20. The van der Waals surface area contributed by atoms with Crippen molar-refractivity contribution >= 4 is 10.0 Å². The first-order valence-electron chi connectivity index (χ1n) is 7.62. The Hall–Kier alpha value is -2.31. The fraction of sp³-hybridized carbons (Fsp3) is 0.400. The first-order valence-corrected chi connectivity index (χ1v) is 9.06. The van der Waals surface area contributed by atoms with Gasteiger partial charge in [0.15, 0.2) is 0 Å². The molecule has 1 saturated carbocycles. The summed E-state index contributed by atoms with van der Waals surface area (Å²) in [5.41, 5.74) is -0.179. The quantitative estimate of drug-likeness (QED) is 0.836. The molecule has 4 rings (SSSR count). The Morgan fingerprint density at radius 3 is 2.71 bits per heavy atom. The number of aromatic nitrogens is 3. The van der Waals surface area contributed by atoms with Gasteiger partial charge in [-0.05, 0) is 31.0 Å². The van der Waals surface area contributed by atoms with Crippen LogP contribution in [0.15, 0.2) is 23.1 Å². The smallest absolute Gasteiger partial charge is 0.243 e. The molecule has 1 aliphatic carbocycles. The van der Waals surface area contributed by atoms with E-state index in [1.54, 1.807) is 6.07 Å². The lowest BCUT2D eigenvalue weighted by Crippen LogP contribution is -2.38. The average molecular weight is 347 g/mol. The number of nitriles is 1. The SMILES string of the molecule is N#Cc1ccc(S(=O)(=O)N2CCn3c(nnc3C3CC3)C2)cc1F. The van der Waals surface area contributed by atoms with Gasteiger partial charge in [-0.25, -0.2) is 12.8 Å². The Morgan fingerprint density at radius 2 is 2.04 bits per heavy atom. The zero-order valence-electron chi connectivity index (χ0n) is 12.7. The van der Waals surface area contributed by atoms with Crippen molar-refractivity contribution in [2.24, 2.45) is 0 Å². The molecule has 0 saturated heterocycles. The molecule has 2 heterocycles. The topological polar surface area (TPSA) is 91.9 Å². The summed E-state index contributed by atoms with van der Waals surface area (Å²) >= 11 is 0. The third-order valence-corrected chi connectivity index (χ3v) is 6.23. The van der Waals surface area contributed by atoms with Gasteiger partial charge in [0, 0.05) is 19.0 Å². The van der Waals surface area contributed by atoms with Crippen LogP contribution in [0, 0.1) is 17.1 Å². The largest absolute Gasteiger partial charge is 0.312 e. The minimum absolute atomic E-state index is 0.115.